The Morgan fingerprint density at radius 3 is 2.67 bits per heavy atom. The number of nitrogens with two attached hydrogens (primary N) is 1. The molecule has 3 nitrogen and oxygen atoms in total. The molecule has 0 aliphatic carbocycles. The van der Waals surface area contributed by atoms with Crippen LogP contribution in [0.5, 0.6) is 0 Å². The van der Waals surface area contributed by atoms with Gasteiger partial charge in [0, 0.05) is 13.1 Å². The minimum absolute atomic E-state index is 0.209. The van der Waals surface area contributed by atoms with Gasteiger partial charge in [-0.25, -0.2) is 5.01 Å². The summed E-state index contributed by atoms with van der Waals surface area (Å²) in [7, 11) is 0. The third-order valence-electron chi connectivity index (χ3n) is 1.67. The van der Waals surface area contributed by atoms with Crippen molar-refractivity contribution in [1.82, 2.24) is 5.01 Å². The van der Waals surface area contributed by atoms with E-state index in [1.54, 1.807) is 5.01 Å². The maximum absolute atomic E-state index is 9.13. The third-order valence-corrected chi connectivity index (χ3v) is 1.67. The molecule has 3 heteroatoms. The summed E-state index contributed by atoms with van der Waals surface area (Å²) in [4.78, 5) is 0. The first-order chi connectivity index (χ1) is 4.18. The SMILES string of the molecule is CC1CC(O)CN(N)C1. The maximum Gasteiger partial charge on any atom is 0.0684 e. The molecule has 0 bridgehead atoms. The van der Waals surface area contributed by atoms with E-state index in [0.29, 0.717) is 12.5 Å². The van der Waals surface area contributed by atoms with Crippen LogP contribution in [0, 0.1) is 5.92 Å². The van der Waals surface area contributed by atoms with Crippen LogP contribution in [0.2, 0.25) is 0 Å². The molecular formula is C6H14N2O. The van der Waals surface area contributed by atoms with Gasteiger partial charge >= 0.3 is 0 Å². The second kappa shape index (κ2) is 2.64. The van der Waals surface area contributed by atoms with E-state index in [4.69, 9.17) is 10.9 Å². The first-order valence-electron chi connectivity index (χ1n) is 3.36. The molecule has 2 unspecified atom stereocenters. The summed E-state index contributed by atoms with van der Waals surface area (Å²) in [6.07, 6.45) is 0.687. The lowest BCUT2D eigenvalue weighted by Crippen LogP contribution is -2.46. The second-order valence-electron chi connectivity index (χ2n) is 2.95. The van der Waals surface area contributed by atoms with Gasteiger partial charge in [0.2, 0.25) is 0 Å². The summed E-state index contributed by atoms with van der Waals surface area (Å²) in [6.45, 7) is 3.64. The molecular weight excluding hydrogens is 116 g/mol. The van der Waals surface area contributed by atoms with Crippen molar-refractivity contribution in [3.8, 4) is 0 Å². The van der Waals surface area contributed by atoms with Crippen molar-refractivity contribution in [2.45, 2.75) is 19.4 Å². The predicted molar refractivity (Wildman–Crippen MR) is 35.5 cm³/mol. The summed E-state index contributed by atoms with van der Waals surface area (Å²) in [5.74, 6) is 6.03. The van der Waals surface area contributed by atoms with Crippen LogP contribution in [0.25, 0.3) is 0 Å². The van der Waals surface area contributed by atoms with Crippen molar-refractivity contribution in [3.63, 3.8) is 0 Å². The molecule has 0 amide bonds. The van der Waals surface area contributed by atoms with Gasteiger partial charge in [-0.3, -0.25) is 5.84 Å². The minimum atomic E-state index is -0.209. The topological polar surface area (TPSA) is 49.5 Å². The molecule has 1 saturated heterocycles. The fourth-order valence-corrected chi connectivity index (χ4v) is 1.36. The van der Waals surface area contributed by atoms with Crippen LogP contribution in [-0.2, 0) is 0 Å². The molecule has 1 aliphatic heterocycles. The largest absolute Gasteiger partial charge is 0.392 e. The molecule has 9 heavy (non-hydrogen) atoms. The molecule has 3 N–H and O–H groups in total. The maximum atomic E-state index is 9.13. The van der Waals surface area contributed by atoms with Crippen LogP contribution in [0.1, 0.15) is 13.3 Å². The predicted octanol–water partition coefficient (Wildman–Crippen LogP) is -0.437. The number of hydrogen-bond acceptors (Lipinski definition) is 3. The van der Waals surface area contributed by atoms with Gasteiger partial charge in [-0.15, -0.1) is 0 Å². The van der Waals surface area contributed by atoms with Crippen molar-refractivity contribution in [2.75, 3.05) is 13.1 Å². The highest BCUT2D eigenvalue weighted by Crippen LogP contribution is 2.12. The molecule has 1 rings (SSSR count). The Morgan fingerprint density at radius 1 is 1.56 bits per heavy atom. The van der Waals surface area contributed by atoms with Crippen LogP contribution in [0.3, 0.4) is 0 Å². The van der Waals surface area contributed by atoms with Crippen molar-refractivity contribution in [3.05, 3.63) is 0 Å². The molecule has 0 saturated carbocycles. The fraction of sp³-hybridized carbons (Fsp3) is 1.00. The summed E-state index contributed by atoms with van der Waals surface area (Å²) in [5.41, 5.74) is 0. The van der Waals surface area contributed by atoms with Crippen LogP contribution < -0.4 is 5.84 Å². The zero-order valence-corrected chi connectivity index (χ0v) is 5.75. The van der Waals surface area contributed by atoms with Crippen LogP contribution in [-0.4, -0.2) is 29.3 Å². The number of aliphatic hydroxyl groups excluding tert-OH is 1. The summed E-state index contributed by atoms with van der Waals surface area (Å²) >= 11 is 0. The van der Waals surface area contributed by atoms with E-state index < -0.39 is 0 Å². The summed E-state index contributed by atoms with van der Waals surface area (Å²) in [5, 5.41) is 10.8. The van der Waals surface area contributed by atoms with Crippen LogP contribution in [0.4, 0.5) is 0 Å². The molecule has 0 radical (unpaired) electrons. The van der Waals surface area contributed by atoms with Gasteiger partial charge < -0.3 is 5.11 Å². The molecule has 54 valence electrons. The highest BCUT2D eigenvalue weighted by Gasteiger charge is 2.20. The highest BCUT2D eigenvalue weighted by molar-refractivity contribution is 4.72. The van der Waals surface area contributed by atoms with E-state index in [0.717, 1.165) is 13.0 Å². The minimum Gasteiger partial charge on any atom is -0.392 e. The zero-order valence-electron chi connectivity index (χ0n) is 5.75. The number of rotatable bonds is 0. The quantitative estimate of drug-likeness (QED) is 0.437. The number of nitrogens with zero attached hydrogens (tertiary/aromatic N) is 1. The monoisotopic (exact) mass is 130 g/mol. The van der Waals surface area contributed by atoms with Crippen LogP contribution in [0.15, 0.2) is 0 Å². The Hall–Kier alpha value is -0.120. The molecule has 1 fully saturated rings. The number of hydrazine groups is 1. The van der Waals surface area contributed by atoms with Gasteiger partial charge in [0.25, 0.3) is 0 Å². The van der Waals surface area contributed by atoms with Gasteiger partial charge in [-0.05, 0) is 12.3 Å². The Bertz CT molecular complexity index is 72.0. The Kier molecular flexibility index (Phi) is 2.05. The first-order valence-corrected chi connectivity index (χ1v) is 3.36. The Morgan fingerprint density at radius 2 is 2.22 bits per heavy atom. The standard InChI is InChI=1S/C6H14N2O/c1-5-2-6(9)4-8(7)3-5/h5-6,9H,2-4,7H2,1H3. The van der Waals surface area contributed by atoms with E-state index in [1.165, 1.54) is 0 Å². The average molecular weight is 130 g/mol. The lowest BCUT2D eigenvalue weighted by atomic mass is 9.99. The molecule has 1 heterocycles. The number of piperidine rings is 1. The normalized spacial score (nSPS) is 39.0. The van der Waals surface area contributed by atoms with E-state index in [1.807, 2.05) is 0 Å². The van der Waals surface area contributed by atoms with E-state index in [-0.39, 0.29) is 6.10 Å². The Labute approximate surface area is 55.4 Å². The molecule has 2 atom stereocenters. The van der Waals surface area contributed by atoms with Crippen molar-refractivity contribution in [2.24, 2.45) is 11.8 Å². The lowest BCUT2D eigenvalue weighted by Gasteiger charge is -2.30. The average Bonchev–Trinajstić information content (AvgIpc) is 1.59. The van der Waals surface area contributed by atoms with E-state index >= 15 is 0 Å². The van der Waals surface area contributed by atoms with Crippen LogP contribution >= 0.6 is 0 Å². The van der Waals surface area contributed by atoms with Crippen molar-refractivity contribution in [1.29, 1.82) is 0 Å². The van der Waals surface area contributed by atoms with Crippen molar-refractivity contribution >= 4 is 0 Å². The summed E-state index contributed by atoms with van der Waals surface area (Å²) < 4.78 is 0. The van der Waals surface area contributed by atoms with E-state index in [9.17, 15) is 0 Å². The van der Waals surface area contributed by atoms with Crippen molar-refractivity contribution < 1.29 is 5.11 Å². The van der Waals surface area contributed by atoms with E-state index in [2.05, 4.69) is 6.92 Å². The number of aliphatic hydroxyl groups is 1. The van der Waals surface area contributed by atoms with Gasteiger partial charge in [-0.2, -0.15) is 0 Å². The number of hydrogen-bond donors (Lipinski definition) is 2. The third kappa shape index (κ3) is 1.93. The summed E-state index contributed by atoms with van der Waals surface area (Å²) in [6, 6.07) is 0. The van der Waals surface area contributed by atoms with Gasteiger partial charge in [0.05, 0.1) is 6.10 Å². The Balaban J connectivity index is 2.34. The molecule has 0 aromatic rings. The molecule has 0 aromatic heterocycles. The highest BCUT2D eigenvalue weighted by atomic mass is 16.3. The smallest absolute Gasteiger partial charge is 0.0684 e. The fourth-order valence-electron chi connectivity index (χ4n) is 1.36. The lowest BCUT2D eigenvalue weighted by molar-refractivity contribution is 0.0448. The first kappa shape index (κ1) is 6.99. The van der Waals surface area contributed by atoms with Gasteiger partial charge in [0.15, 0.2) is 0 Å². The second-order valence-corrected chi connectivity index (χ2v) is 2.95. The van der Waals surface area contributed by atoms with Gasteiger partial charge in [-0.1, -0.05) is 6.92 Å². The number of β-amino-alcohol motifs (C(OH)–C–C–N with tert-alkyl or cyclic N) is 1. The van der Waals surface area contributed by atoms with Gasteiger partial charge in [0.1, 0.15) is 0 Å². The molecule has 1 aliphatic rings. The molecule has 0 aromatic carbocycles. The zero-order chi connectivity index (χ0) is 6.85. The molecule has 0 spiro atoms.